The molecule has 1 heterocycles. The van der Waals surface area contributed by atoms with E-state index >= 15 is 0 Å². The minimum atomic E-state index is -4.60. The summed E-state index contributed by atoms with van der Waals surface area (Å²) in [5.41, 5.74) is 1.07. The molecule has 0 amide bonds. The third-order valence-corrected chi connectivity index (χ3v) is 3.82. The number of allylic oxidation sites excluding steroid dienone is 1. The maximum atomic E-state index is 11.4. The van der Waals surface area contributed by atoms with Crippen molar-refractivity contribution in [2.24, 2.45) is 5.10 Å². The molecule has 1 aliphatic heterocycles. The fourth-order valence-electron chi connectivity index (χ4n) is 2.07. The molecule has 1 aromatic rings. The van der Waals surface area contributed by atoms with Crippen molar-refractivity contribution in [3.63, 3.8) is 0 Å². The van der Waals surface area contributed by atoms with Gasteiger partial charge in [-0.3, -0.25) is 0 Å². The van der Waals surface area contributed by atoms with Crippen molar-refractivity contribution in [3.8, 4) is 0 Å². The van der Waals surface area contributed by atoms with Crippen LogP contribution in [0.15, 0.2) is 40.5 Å². The SMILES string of the molecule is Cc1ccc(S(=O)(=O)[O-])c([N+]2(CCO)C=CC=N2)c1. The number of hydrogen-bond donors (Lipinski definition) is 1. The van der Waals surface area contributed by atoms with Gasteiger partial charge >= 0.3 is 0 Å². The predicted octanol–water partition coefficient (Wildman–Crippen LogP) is 0.712. The van der Waals surface area contributed by atoms with Gasteiger partial charge in [-0.1, -0.05) is 11.2 Å². The molecular weight excluding hydrogens is 268 g/mol. The van der Waals surface area contributed by atoms with Crippen LogP contribution in [0.2, 0.25) is 0 Å². The smallest absolute Gasteiger partial charge is 0.182 e. The van der Waals surface area contributed by atoms with E-state index in [1.54, 1.807) is 31.3 Å². The quantitative estimate of drug-likeness (QED) is 0.650. The van der Waals surface area contributed by atoms with Crippen molar-refractivity contribution in [3.05, 3.63) is 36.0 Å². The Hall–Kier alpha value is -1.54. The molecule has 0 bridgehead atoms. The maximum absolute atomic E-state index is 11.4. The van der Waals surface area contributed by atoms with Crippen molar-refractivity contribution in [2.45, 2.75) is 11.8 Å². The Balaban J connectivity index is 2.70. The van der Waals surface area contributed by atoms with Crippen LogP contribution in [0.25, 0.3) is 0 Å². The van der Waals surface area contributed by atoms with Gasteiger partial charge in [0.15, 0.2) is 5.69 Å². The molecule has 7 heteroatoms. The summed E-state index contributed by atoms with van der Waals surface area (Å²) in [7, 11) is -4.60. The van der Waals surface area contributed by atoms with Crippen LogP contribution in [-0.2, 0) is 10.1 Å². The second-order valence-corrected chi connectivity index (χ2v) is 5.65. The summed E-state index contributed by atoms with van der Waals surface area (Å²) in [6.45, 7) is 1.77. The lowest BCUT2D eigenvalue weighted by molar-refractivity contribution is 0.241. The first-order valence-corrected chi connectivity index (χ1v) is 7.09. The van der Waals surface area contributed by atoms with Gasteiger partial charge in [-0.2, -0.15) is 0 Å². The minimum Gasteiger partial charge on any atom is -0.744 e. The molecule has 1 unspecified atom stereocenters. The Morgan fingerprint density at radius 1 is 1.42 bits per heavy atom. The van der Waals surface area contributed by atoms with Crippen LogP contribution in [0.3, 0.4) is 0 Å². The van der Waals surface area contributed by atoms with E-state index in [-0.39, 0.29) is 28.3 Å². The van der Waals surface area contributed by atoms with Crippen molar-refractivity contribution < 1.29 is 18.1 Å². The van der Waals surface area contributed by atoms with E-state index < -0.39 is 10.1 Å². The molecule has 19 heavy (non-hydrogen) atoms. The third-order valence-electron chi connectivity index (χ3n) is 2.93. The summed E-state index contributed by atoms with van der Waals surface area (Å²) in [5, 5.41) is 13.3. The maximum Gasteiger partial charge on any atom is 0.182 e. The van der Waals surface area contributed by atoms with Crippen LogP contribution in [0, 0.1) is 6.92 Å². The molecule has 1 aromatic carbocycles. The number of hydrogen-bond acceptors (Lipinski definition) is 5. The number of nitrogens with zero attached hydrogens (tertiary/aromatic N) is 2. The topological polar surface area (TPSA) is 89.8 Å². The van der Waals surface area contributed by atoms with Crippen LogP contribution < -0.4 is 4.59 Å². The summed E-state index contributed by atoms with van der Waals surface area (Å²) in [5.74, 6) is 0. The van der Waals surface area contributed by atoms with Crippen LogP contribution >= 0.6 is 0 Å². The highest BCUT2D eigenvalue weighted by molar-refractivity contribution is 7.86. The van der Waals surface area contributed by atoms with Crippen LogP contribution in [-0.4, -0.2) is 37.4 Å². The average molecular weight is 282 g/mol. The number of aryl methyl sites for hydroxylation is 1. The van der Waals surface area contributed by atoms with E-state index in [0.717, 1.165) is 5.56 Å². The fraction of sp³-hybridized carbons (Fsp3) is 0.250. The lowest BCUT2D eigenvalue weighted by Crippen LogP contribution is -2.40. The molecule has 0 aliphatic carbocycles. The molecule has 6 nitrogen and oxygen atoms in total. The largest absolute Gasteiger partial charge is 0.744 e. The molecule has 2 rings (SSSR count). The monoisotopic (exact) mass is 282 g/mol. The molecular formula is C12H14N2O4S. The molecule has 0 saturated carbocycles. The molecule has 1 atom stereocenters. The normalized spacial score (nSPS) is 22.1. The van der Waals surface area contributed by atoms with Gasteiger partial charge in [0, 0.05) is 12.1 Å². The van der Waals surface area contributed by atoms with E-state index in [1.807, 2.05) is 0 Å². The van der Waals surface area contributed by atoms with Gasteiger partial charge < -0.3 is 9.66 Å². The number of aliphatic hydroxyl groups excluding tert-OH is 1. The summed E-state index contributed by atoms with van der Waals surface area (Å²) in [6, 6.07) is 4.45. The fourth-order valence-corrected chi connectivity index (χ4v) is 2.77. The van der Waals surface area contributed by atoms with Gasteiger partial charge in [0.1, 0.15) is 27.8 Å². The zero-order chi connectivity index (χ0) is 14.1. The van der Waals surface area contributed by atoms with Crippen molar-refractivity contribution in [2.75, 3.05) is 13.2 Å². The predicted molar refractivity (Wildman–Crippen MR) is 70.5 cm³/mol. The van der Waals surface area contributed by atoms with Gasteiger partial charge in [0.05, 0.1) is 12.8 Å². The average Bonchev–Trinajstić information content (AvgIpc) is 2.77. The summed E-state index contributed by atoms with van der Waals surface area (Å²) >= 11 is 0. The standard InChI is InChI=1S/C12H14N2O4S/c1-10-3-4-12(19(16,17)18)11(9-10)14(7-8-15)6-2-5-13-14/h2-6,9,15H,7-8H2,1H3. The number of quaternary nitrogens is 1. The summed E-state index contributed by atoms with van der Waals surface area (Å²) in [4.78, 5) is -0.310. The molecule has 0 aromatic heterocycles. The third kappa shape index (κ3) is 2.59. The van der Waals surface area contributed by atoms with Crippen molar-refractivity contribution in [1.29, 1.82) is 0 Å². The van der Waals surface area contributed by atoms with Crippen LogP contribution in [0.1, 0.15) is 5.56 Å². The molecule has 1 aliphatic rings. The Labute approximate surface area is 111 Å². The first-order chi connectivity index (χ1) is 8.89. The first kappa shape index (κ1) is 13.9. The van der Waals surface area contributed by atoms with E-state index in [2.05, 4.69) is 5.10 Å². The second-order valence-electron chi connectivity index (χ2n) is 4.31. The Bertz CT molecular complexity index is 638. The van der Waals surface area contributed by atoms with Gasteiger partial charge in [0.25, 0.3) is 0 Å². The van der Waals surface area contributed by atoms with Gasteiger partial charge in [-0.05, 0) is 18.6 Å². The van der Waals surface area contributed by atoms with Crippen LogP contribution in [0.4, 0.5) is 5.69 Å². The molecule has 0 saturated heterocycles. The first-order valence-electron chi connectivity index (χ1n) is 5.68. The number of rotatable bonds is 4. The van der Waals surface area contributed by atoms with E-state index in [1.165, 1.54) is 12.3 Å². The molecule has 0 spiro atoms. The molecule has 102 valence electrons. The van der Waals surface area contributed by atoms with Gasteiger partial charge in [-0.15, -0.1) is 4.59 Å². The Morgan fingerprint density at radius 3 is 2.68 bits per heavy atom. The van der Waals surface area contributed by atoms with Gasteiger partial charge in [-0.25, -0.2) is 8.42 Å². The van der Waals surface area contributed by atoms with Crippen LogP contribution in [0.5, 0.6) is 0 Å². The lowest BCUT2D eigenvalue weighted by atomic mass is 10.2. The molecule has 0 fully saturated rings. The lowest BCUT2D eigenvalue weighted by Gasteiger charge is -2.27. The highest BCUT2D eigenvalue weighted by atomic mass is 32.2. The summed E-state index contributed by atoms with van der Waals surface area (Å²) in [6.07, 6.45) is 4.80. The minimum absolute atomic E-state index is 0.166. The van der Waals surface area contributed by atoms with E-state index in [0.29, 0.717) is 0 Å². The number of aliphatic hydroxyl groups is 1. The molecule has 0 radical (unpaired) electrons. The van der Waals surface area contributed by atoms with Gasteiger partial charge in [0.2, 0.25) is 0 Å². The Morgan fingerprint density at radius 2 is 2.16 bits per heavy atom. The summed E-state index contributed by atoms with van der Waals surface area (Å²) < 4.78 is 33.9. The highest BCUT2D eigenvalue weighted by Crippen LogP contribution is 2.34. The zero-order valence-electron chi connectivity index (χ0n) is 10.4. The van der Waals surface area contributed by atoms with Crippen molar-refractivity contribution >= 4 is 22.0 Å². The van der Waals surface area contributed by atoms with E-state index in [4.69, 9.17) is 5.11 Å². The highest BCUT2D eigenvalue weighted by Gasteiger charge is 2.34. The zero-order valence-corrected chi connectivity index (χ0v) is 11.2. The van der Waals surface area contributed by atoms with Crippen molar-refractivity contribution in [1.82, 2.24) is 4.59 Å². The molecule has 1 N–H and O–H groups in total. The Kier molecular flexibility index (Phi) is 3.55. The second kappa shape index (κ2) is 4.86. The van der Waals surface area contributed by atoms with E-state index in [9.17, 15) is 13.0 Å². The number of benzene rings is 1.